The topological polar surface area (TPSA) is 26.7 Å². The SMILES string of the molecule is CCC(C)N1CCN(C[C@H](C)O)CC1. The molecule has 0 amide bonds. The molecule has 1 aliphatic heterocycles. The van der Waals surface area contributed by atoms with Crippen molar-refractivity contribution in [3.05, 3.63) is 0 Å². The Morgan fingerprint density at radius 2 is 1.71 bits per heavy atom. The van der Waals surface area contributed by atoms with Gasteiger partial charge < -0.3 is 5.11 Å². The van der Waals surface area contributed by atoms with Crippen LogP contribution in [0.15, 0.2) is 0 Å². The van der Waals surface area contributed by atoms with Crippen LogP contribution in [0, 0.1) is 0 Å². The molecular weight excluding hydrogens is 176 g/mol. The maximum absolute atomic E-state index is 9.27. The number of hydrogen-bond donors (Lipinski definition) is 1. The molecule has 14 heavy (non-hydrogen) atoms. The van der Waals surface area contributed by atoms with Gasteiger partial charge in [0.25, 0.3) is 0 Å². The Bertz CT molecular complexity index is 153. The van der Waals surface area contributed by atoms with Crippen molar-refractivity contribution in [2.45, 2.75) is 39.3 Å². The van der Waals surface area contributed by atoms with Gasteiger partial charge in [0.05, 0.1) is 6.10 Å². The van der Waals surface area contributed by atoms with Crippen molar-refractivity contribution in [1.82, 2.24) is 9.80 Å². The molecule has 1 heterocycles. The summed E-state index contributed by atoms with van der Waals surface area (Å²) in [5.74, 6) is 0. The van der Waals surface area contributed by atoms with E-state index in [4.69, 9.17) is 0 Å². The van der Waals surface area contributed by atoms with Gasteiger partial charge in [0.1, 0.15) is 0 Å². The fourth-order valence-corrected chi connectivity index (χ4v) is 2.02. The molecule has 0 aromatic carbocycles. The Hall–Kier alpha value is -0.120. The second-order valence-electron chi connectivity index (χ2n) is 4.44. The minimum Gasteiger partial charge on any atom is -0.392 e. The molecule has 0 radical (unpaired) electrons. The molecule has 2 atom stereocenters. The summed E-state index contributed by atoms with van der Waals surface area (Å²) >= 11 is 0. The third kappa shape index (κ3) is 3.56. The van der Waals surface area contributed by atoms with Crippen LogP contribution < -0.4 is 0 Å². The minimum atomic E-state index is -0.190. The number of nitrogens with zero attached hydrogens (tertiary/aromatic N) is 2. The van der Waals surface area contributed by atoms with E-state index in [2.05, 4.69) is 23.6 Å². The Labute approximate surface area is 87.7 Å². The van der Waals surface area contributed by atoms with Crippen LogP contribution in [-0.4, -0.2) is 59.8 Å². The average Bonchev–Trinajstić information content (AvgIpc) is 2.17. The van der Waals surface area contributed by atoms with Crippen molar-refractivity contribution in [3.63, 3.8) is 0 Å². The molecule has 0 bridgehead atoms. The van der Waals surface area contributed by atoms with E-state index < -0.39 is 0 Å². The van der Waals surface area contributed by atoms with Crippen molar-refractivity contribution < 1.29 is 5.11 Å². The normalized spacial score (nSPS) is 24.9. The van der Waals surface area contributed by atoms with Gasteiger partial charge in [-0.3, -0.25) is 9.80 Å². The van der Waals surface area contributed by atoms with Gasteiger partial charge in [-0.05, 0) is 20.3 Å². The molecule has 3 heteroatoms. The third-order valence-electron chi connectivity index (χ3n) is 3.14. The van der Waals surface area contributed by atoms with Crippen LogP contribution in [0.5, 0.6) is 0 Å². The number of hydrogen-bond acceptors (Lipinski definition) is 3. The first kappa shape index (κ1) is 12.0. The molecule has 1 unspecified atom stereocenters. The second-order valence-corrected chi connectivity index (χ2v) is 4.44. The van der Waals surface area contributed by atoms with Crippen LogP contribution in [0.2, 0.25) is 0 Å². The first-order valence-electron chi connectivity index (χ1n) is 5.78. The number of β-amino-alcohol motifs (C(OH)–C–C–N with tert-alkyl or cyclic N) is 1. The summed E-state index contributed by atoms with van der Waals surface area (Å²) in [7, 11) is 0. The van der Waals surface area contributed by atoms with Gasteiger partial charge in [-0.1, -0.05) is 6.92 Å². The molecular formula is C11H24N2O. The van der Waals surface area contributed by atoms with E-state index >= 15 is 0 Å². The lowest BCUT2D eigenvalue weighted by molar-refractivity contribution is 0.0649. The van der Waals surface area contributed by atoms with Crippen LogP contribution in [0.4, 0.5) is 0 Å². The third-order valence-corrected chi connectivity index (χ3v) is 3.14. The largest absolute Gasteiger partial charge is 0.392 e. The average molecular weight is 200 g/mol. The lowest BCUT2D eigenvalue weighted by Gasteiger charge is -2.38. The quantitative estimate of drug-likeness (QED) is 0.726. The van der Waals surface area contributed by atoms with E-state index in [0.717, 1.165) is 32.7 Å². The van der Waals surface area contributed by atoms with Gasteiger partial charge in [-0.15, -0.1) is 0 Å². The Morgan fingerprint density at radius 3 is 2.14 bits per heavy atom. The maximum Gasteiger partial charge on any atom is 0.0639 e. The highest BCUT2D eigenvalue weighted by Crippen LogP contribution is 2.08. The van der Waals surface area contributed by atoms with E-state index in [1.54, 1.807) is 0 Å². The van der Waals surface area contributed by atoms with E-state index in [9.17, 15) is 5.11 Å². The highest BCUT2D eigenvalue weighted by Gasteiger charge is 2.20. The summed E-state index contributed by atoms with van der Waals surface area (Å²) in [5.41, 5.74) is 0. The van der Waals surface area contributed by atoms with Crippen LogP contribution in [0.3, 0.4) is 0 Å². The fraction of sp³-hybridized carbons (Fsp3) is 1.00. The summed E-state index contributed by atoms with van der Waals surface area (Å²) in [6.45, 7) is 11.8. The molecule has 1 fully saturated rings. The molecule has 1 rings (SSSR count). The molecule has 3 nitrogen and oxygen atoms in total. The number of rotatable bonds is 4. The Morgan fingerprint density at radius 1 is 1.14 bits per heavy atom. The van der Waals surface area contributed by atoms with Gasteiger partial charge in [0.2, 0.25) is 0 Å². The van der Waals surface area contributed by atoms with E-state index in [-0.39, 0.29) is 6.10 Å². The zero-order valence-electron chi connectivity index (χ0n) is 9.74. The van der Waals surface area contributed by atoms with Gasteiger partial charge in [0.15, 0.2) is 0 Å². The van der Waals surface area contributed by atoms with E-state index in [1.165, 1.54) is 6.42 Å². The smallest absolute Gasteiger partial charge is 0.0639 e. The molecule has 0 aromatic rings. The molecule has 0 spiro atoms. The summed E-state index contributed by atoms with van der Waals surface area (Å²) < 4.78 is 0. The van der Waals surface area contributed by atoms with Gasteiger partial charge in [-0.2, -0.15) is 0 Å². The molecule has 84 valence electrons. The molecule has 0 aliphatic carbocycles. The Balaban J connectivity index is 2.24. The highest BCUT2D eigenvalue weighted by molar-refractivity contribution is 4.76. The van der Waals surface area contributed by atoms with Crippen LogP contribution >= 0.6 is 0 Å². The molecule has 1 N–H and O–H groups in total. The summed E-state index contributed by atoms with van der Waals surface area (Å²) in [4.78, 5) is 4.89. The fourth-order valence-electron chi connectivity index (χ4n) is 2.02. The van der Waals surface area contributed by atoms with Crippen LogP contribution in [0.25, 0.3) is 0 Å². The van der Waals surface area contributed by atoms with Crippen molar-refractivity contribution in [2.75, 3.05) is 32.7 Å². The van der Waals surface area contributed by atoms with Crippen molar-refractivity contribution in [1.29, 1.82) is 0 Å². The maximum atomic E-state index is 9.27. The lowest BCUT2D eigenvalue weighted by atomic mass is 10.2. The molecule has 1 aliphatic rings. The predicted molar refractivity (Wildman–Crippen MR) is 59.4 cm³/mol. The summed E-state index contributed by atoms with van der Waals surface area (Å²) in [5, 5.41) is 9.27. The lowest BCUT2D eigenvalue weighted by Crippen LogP contribution is -2.50. The van der Waals surface area contributed by atoms with Gasteiger partial charge in [-0.25, -0.2) is 0 Å². The first-order chi connectivity index (χ1) is 6.63. The number of piperazine rings is 1. The number of aliphatic hydroxyl groups excluding tert-OH is 1. The first-order valence-corrected chi connectivity index (χ1v) is 5.78. The van der Waals surface area contributed by atoms with Crippen molar-refractivity contribution in [3.8, 4) is 0 Å². The summed E-state index contributed by atoms with van der Waals surface area (Å²) in [6.07, 6.45) is 1.04. The van der Waals surface area contributed by atoms with Gasteiger partial charge in [0, 0.05) is 38.8 Å². The van der Waals surface area contributed by atoms with E-state index in [0.29, 0.717) is 6.04 Å². The highest BCUT2D eigenvalue weighted by atomic mass is 16.3. The molecule has 0 saturated carbocycles. The zero-order valence-corrected chi connectivity index (χ0v) is 9.74. The van der Waals surface area contributed by atoms with Crippen molar-refractivity contribution in [2.24, 2.45) is 0 Å². The predicted octanol–water partition coefficient (Wildman–Crippen LogP) is 0.783. The Kier molecular flexibility index (Phi) is 4.85. The van der Waals surface area contributed by atoms with Gasteiger partial charge >= 0.3 is 0 Å². The van der Waals surface area contributed by atoms with E-state index in [1.807, 2.05) is 6.92 Å². The zero-order chi connectivity index (χ0) is 10.6. The second kappa shape index (κ2) is 5.69. The summed E-state index contributed by atoms with van der Waals surface area (Å²) in [6, 6.07) is 0.712. The number of aliphatic hydroxyl groups is 1. The minimum absolute atomic E-state index is 0.190. The monoisotopic (exact) mass is 200 g/mol. The standard InChI is InChI=1S/C11H24N2O/c1-4-10(2)13-7-5-12(6-8-13)9-11(3)14/h10-11,14H,4-9H2,1-3H3/t10?,11-/m0/s1. The van der Waals surface area contributed by atoms with Crippen molar-refractivity contribution >= 4 is 0 Å². The molecule has 0 aromatic heterocycles. The van der Waals surface area contributed by atoms with Crippen LogP contribution in [-0.2, 0) is 0 Å². The molecule has 1 saturated heterocycles. The van der Waals surface area contributed by atoms with Crippen LogP contribution in [0.1, 0.15) is 27.2 Å².